The molecule has 1 aromatic heterocycles. The van der Waals surface area contributed by atoms with Crippen LogP contribution in [0, 0.1) is 5.82 Å². The van der Waals surface area contributed by atoms with Crippen LogP contribution in [0.4, 0.5) is 4.39 Å². The van der Waals surface area contributed by atoms with Gasteiger partial charge in [-0.15, -0.1) is 0 Å². The molecule has 0 N–H and O–H groups in total. The Bertz CT molecular complexity index is 963. The van der Waals surface area contributed by atoms with Gasteiger partial charge in [0.25, 0.3) is 0 Å². The Morgan fingerprint density at radius 3 is 2.61 bits per heavy atom. The van der Waals surface area contributed by atoms with Crippen molar-refractivity contribution in [1.29, 1.82) is 0 Å². The molecule has 7 heteroatoms. The first-order valence-electron chi connectivity index (χ1n) is 8.41. The number of halogens is 2. The summed E-state index contributed by atoms with van der Waals surface area (Å²) in [6.07, 6.45) is 0.198. The first-order valence-corrected chi connectivity index (χ1v) is 8.78. The van der Waals surface area contributed by atoms with Gasteiger partial charge in [0, 0.05) is 11.1 Å². The lowest BCUT2D eigenvalue weighted by Crippen LogP contribution is -2.04. The van der Waals surface area contributed by atoms with Gasteiger partial charge in [-0.25, -0.2) is 9.37 Å². The summed E-state index contributed by atoms with van der Waals surface area (Å²) in [5.74, 6) is 0.201. The van der Waals surface area contributed by atoms with E-state index in [0.29, 0.717) is 22.3 Å². The SMILES string of the molecule is COC(=O)Cc1ccc(Oc2cccc(COc3ccc(Cl)cc3F)n2)cc1. The quantitative estimate of drug-likeness (QED) is 0.524. The van der Waals surface area contributed by atoms with E-state index in [-0.39, 0.29) is 24.7 Å². The molecule has 0 unspecified atom stereocenters. The van der Waals surface area contributed by atoms with Gasteiger partial charge in [0.05, 0.1) is 19.2 Å². The standard InChI is InChI=1S/C21H17ClFNO4/c1-26-21(25)11-14-5-8-17(9-6-14)28-20-4-2-3-16(24-20)13-27-19-10-7-15(22)12-18(19)23/h2-10,12H,11,13H2,1H3. The predicted molar refractivity (Wildman–Crippen MR) is 102 cm³/mol. The molecule has 0 saturated heterocycles. The first-order chi connectivity index (χ1) is 13.5. The lowest BCUT2D eigenvalue weighted by molar-refractivity contribution is -0.139. The summed E-state index contributed by atoms with van der Waals surface area (Å²) in [5.41, 5.74) is 1.40. The van der Waals surface area contributed by atoms with E-state index in [1.807, 2.05) is 0 Å². The molecule has 3 aromatic rings. The van der Waals surface area contributed by atoms with E-state index in [1.54, 1.807) is 48.5 Å². The van der Waals surface area contributed by atoms with Gasteiger partial charge < -0.3 is 14.2 Å². The van der Waals surface area contributed by atoms with Crippen LogP contribution in [0.3, 0.4) is 0 Å². The maximum absolute atomic E-state index is 13.8. The second-order valence-corrected chi connectivity index (χ2v) is 6.27. The molecule has 1 heterocycles. The van der Waals surface area contributed by atoms with Crippen molar-refractivity contribution in [2.24, 2.45) is 0 Å². The summed E-state index contributed by atoms with van der Waals surface area (Å²) in [6, 6.07) is 16.5. The van der Waals surface area contributed by atoms with Crippen molar-refractivity contribution < 1.29 is 23.4 Å². The fourth-order valence-corrected chi connectivity index (χ4v) is 2.53. The van der Waals surface area contributed by atoms with Crippen molar-refractivity contribution in [2.45, 2.75) is 13.0 Å². The van der Waals surface area contributed by atoms with E-state index < -0.39 is 5.82 Å². The zero-order valence-corrected chi connectivity index (χ0v) is 15.8. The molecule has 28 heavy (non-hydrogen) atoms. The molecule has 0 aliphatic heterocycles. The highest BCUT2D eigenvalue weighted by atomic mass is 35.5. The van der Waals surface area contributed by atoms with E-state index in [1.165, 1.54) is 19.2 Å². The summed E-state index contributed by atoms with van der Waals surface area (Å²) in [6.45, 7) is 0.0772. The zero-order valence-electron chi connectivity index (χ0n) is 15.0. The van der Waals surface area contributed by atoms with Crippen LogP contribution in [0.2, 0.25) is 5.02 Å². The first kappa shape index (κ1) is 19.6. The van der Waals surface area contributed by atoms with Crippen LogP contribution >= 0.6 is 11.6 Å². The number of carbonyl (C=O) groups is 1. The van der Waals surface area contributed by atoms with Gasteiger partial charge in [0.2, 0.25) is 5.88 Å². The summed E-state index contributed by atoms with van der Waals surface area (Å²) < 4.78 is 29.6. The molecular weight excluding hydrogens is 385 g/mol. The summed E-state index contributed by atoms with van der Waals surface area (Å²) in [7, 11) is 1.35. The third-order valence-corrected chi connectivity index (χ3v) is 4.01. The van der Waals surface area contributed by atoms with E-state index in [0.717, 1.165) is 5.56 Å². The van der Waals surface area contributed by atoms with Crippen molar-refractivity contribution in [3.05, 3.63) is 82.8 Å². The second-order valence-electron chi connectivity index (χ2n) is 5.83. The largest absolute Gasteiger partial charge is 0.484 e. The van der Waals surface area contributed by atoms with Crippen LogP contribution in [0.1, 0.15) is 11.3 Å². The van der Waals surface area contributed by atoms with Gasteiger partial charge in [0.15, 0.2) is 11.6 Å². The number of nitrogens with zero attached hydrogens (tertiary/aromatic N) is 1. The van der Waals surface area contributed by atoms with E-state index in [2.05, 4.69) is 9.72 Å². The molecule has 0 bridgehead atoms. The second kappa shape index (κ2) is 9.19. The Morgan fingerprint density at radius 2 is 1.89 bits per heavy atom. The molecule has 0 atom stereocenters. The number of esters is 1. The maximum Gasteiger partial charge on any atom is 0.309 e. The number of methoxy groups -OCH3 is 1. The summed E-state index contributed by atoms with van der Waals surface area (Å²) >= 11 is 5.73. The topological polar surface area (TPSA) is 57.7 Å². The van der Waals surface area contributed by atoms with Crippen LogP contribution in [-0.2, 0) is 22.6 Å². The van der Waals surface area contributed by atoms with E-state index >= 15 is 0 Å². The summed E-state index contributed by atoms with van der Waals surface area (Å²) in [5, 5.41) is 0.302. The van der Waals surface area contributed by atoms with Crippen molar-refractivity contribution in [3.8, 4) is 17.4 Å². The highest BCUT2D eigenvalue weighted by Crippen LogP contribution is 2.23. The molecule has 0 amide bonds. The number of ether oxygens (including phenoxy) is 3. The zero-order chi connectivity index (χ0) is 19.9. The van der Waals surface area contributed by atoms with Gasteiger partial charge >= 0.3 is 5.97 Å². The average Bonchev–Trinajstić information content (AvgIpc) is 2.69. The van der Waals surface area contributed by atoms with Crippen molar-refractivity contribution in [2.75, 3.05) is 7.11 Å². The lowest BCUT2D eigenvalue weighted by Gasteiger charge is -2.09. The van der Waals surface area contributed by atoms with Gasteiger partial charge in [-0.2, -0.15) is 0 Å². The Hall–Kier alpha value is -3.12. The monoisotopic (exact) mass is 401 g/mol. The van der Waals surface area contributed by atoms with E-state index in [4.69, 9.17) is 21.1 Å². The molecule has 0 aliphatic carbocycles. The van der Waals surface area contributed by atoms with Crippen LogP contribution in [0.25, 0.3) is 0 Å². The van der Waals surface area contributed by atoms with Crippen molar-refractivity contribution >= 4 is 17.6 Å². The number of aromatic nitrogens is 1. The fourth-order valence-electron chi connectivity index (χ4n) is 2.37. The van der Waals surface area contributed by atoms with Crippen LogP contribution in [0.15, 0.2) is 60.7 Å². The highest BCUT2D eigenvalue weighted by Gasteiger charge is 2.07. The smallest absolute Gasteiger partial charge is 0.309 e. The minimum absolute atomic E-state index is 0.0772. The van der Waals surface area contributed by atoms with Gasteiger partial charge in [0.1, 0.15) is 12.4 Å². The molecular formula is C21H17ClFNO4. The Kier molecular flexibility index (Phi) is 6.45. The number of pyridine rings is 1. The Morgan fingerprint density at radius 1 is 1.11 bits per heavy atom. The number of carbonyl (C=O) groups excluding carboxylic acids is 1. The van der Waals surface area contributed by atoms with Gasteiger partial charge in [-0.05, 0) is 42.0 Å². The van der Waals surface area contributed by atoms with Crippen LogP contribution in [0.5, 0.6) is 17.4 Å². The van der Waals surface area contributed by atoms with Crippen molar-refractivity contribution in [1.82, 2.24) is 4.98 Å². The third-order valence-electron chi connectivity index (χ3n) is 3.77. The molecule has 0 saturated carbocycles. The van der Waals surface area contributed by atoms with E-state index in [9.17, 15) is 9.18 Å². The van der Waals surface area contributed by atoms with Gasteiger partial charge in [-0.1, -0.05) is 29.8 Å². The third kappa shape index (κ3) is 5.44. The molecule has 3 rings (SSSR count). The normalized spacial score (nSPS) is 10.4. The molecule has 5 nitrogen and oxygen atoms in total. The molecule has 0 fully saturated rings. The number of benzene rings is 2. The van der Waals surface area contributed by atoms with Crippen LogP contribution < -0.4 is 9.47 Å². The summed E-state index contributed by atoms with van der Waals surface area (Å²) in [4.78, 5) is 15.6. The van der Waals surface area contributed by atoms with Crippen molar-refractivity contribution in [3.63, 3.8) is 0 Å². The molecule has 0 aliphatic rings. The van der Waals surface area contributed by atoms with Crippen LogP contribution in [-0.4, -0.2) is 18.1 Å². The number of hydrogen-bond acceptors (Lipinski definition) is 5. The lowest BCUT2D eigenvalue weighted by atomic mass is 10.1. The highest BCUT2D eigenvalue weighted by molar-refractivity contribution is 6.30. The minimum Gasteiger partial charge on any atom is -0.484 e. The predicted octanol–water partition coefficient (Wildman–Crippen LogP) is 4.96. The molecule has 2 aromatic carbocycles. The molecule has 144 valence electrons. The average molecular weight is 402 g/mol. The number of rotatable bonds is 7. The molecule has 0 spiro atoms. The minimum atomic E-state index is -0.535. The molecule has 0 radical (unpaired) electrons. The Balaban J connectivity index is 1.62. The number of hydrogen-bond donors (Lipinski definition) is 0. The van der Waals surface area contributed by atoms with Gasteiger partial charge in [-0.3, -0.25) is 4.79 Å². The maximum atomic E-state index is 13.8. The Labute approximate surface area is 166 Å². The fraction of sp³-hybridized carbons (Fsp3) is 0.143.